The summed E-state index contributed by atoms with van der Waals surface area (Å²) in [7, 11) is 1.64. The quantitative estimate of drug-likeness (QED) is 0.899. The third-order valence-electron chi connectivity index (χ3n) is 5.00. The Labute approximate surface area is 142 Å². The molecule has 0 saturated carbocycles. The van der Waals surface area contributed by atoms with Crippen molar-refractivity contribution in [2.45, 2.75) is 38.3 Å². The number of nitrogens with one attached hydrogen (secondary N) is 1. The second-order valence-corrected chi connectivity index (χ2v) is 6.38. The number of carbonyl (C=O) groups excluding carboxylic acids is 2. The van der Waals surface area contributed by atoms with Gasteiger partial charge in [-0.25, -0.2) is 4.79 Å². The molecule has 6 nitrogen and oxygen atoms in total. The Bertz CT molecular complexity index is 619. The number of aryl methyl sites for hydroxylation is 1. The molecule has 6 heteroatoms. The number of anilines is 1. The van der Waals surface area contributed by atoms with Crippen LogP contribution in [0.2, 0.25) is 0 Å². The van der Waals surface area contributed by atoms with Crippen molar-refractivity contribution in [1.29, 1.82) is 0 Å². The Balaban J connectivity index is 1.65. The summed E-state index contributed by atoms with van der Waals surface area (Å²) < 4.78 is 5.09. The normalized spacial score (nSPS) is 22.8. The summed E-state index contributed by atoms with van der Waals surface area (Å²) in [6.45, 7) is 3.91. The highest BCUT2D eigenvalue weighted by Gasteiger charge is 2.48. The predicted molar refractivity (Wildman–Crippen MR) is 91.9 cm³/mol. The number of benzene rings is 1. The first kappa shape index (κ1) is 16.8. The molecule has 2 heterocycles. The fraction of sp³-hybridized carbons (Fsp3) is 0.556. The molecular weight excluding hydrogens is 306 g/mol. The van der Waals surface area contributed by atoms with E-state index in [0.29, 0.717) is 26.1 Å². The van der Waals surface area contributed by atoms with Gasteiger partial charge < -0.3 is 19.9 Å². The van der Waals surface area contributed by atoms with Crippen LogP contribution in [0.15, 0.2) is 24.3 Å². The van der Waals surface area contributed by atoms with Crippen molar-refractivity contribution < 1.29 is 14.3 Å². The molecule has 2 aliphatic rings. The summed E-state index contributed by atoms with van der Waals surface area (Å²) >= 11 is 0. The van der Waals surface area contributed by atoms with E-state index in [1.807, 2.05) is 34.1 Å². The Morgan fingerprint density at radius 2 is 2.21 bits per heavy atom. The SMILES string of the molecule is CCc1cccc(NC(=O)N2CC[C@H]3[C@@H]2CC(=O)N3CCOC)c1. The Hall–Kier alpha value is -2.08. The summed E-state index contributed by atoms with van der Waals surface area (Å²) in [5.41, 5.74) is 2.00. The third kappa shape index (κ3) is 3.24. The molecule has 0 unspecified atom stereocenters. The largest absolute Gasteiger partial charge is 0.383 e. The zero-order chi connectivity index (χ0) is 17.1. The molecule has 130 valence electrons. The first-order chi connectivity index (χ1) is 11.6. The Morgan fingerprint density at radius 3 is 2.96 bits per heavy atom. The van der Waals surface area contributed by atoms with Gasteiger partial charge in [0, 0.05) is 32.3 Å². The molecule has 0 radical (unpaired) electrons. The van der Waals surface area contributed by atoms with Crippen LogP contribution in [-0.2, 0) is 16.0 Å². The lowest BCUT2D eigenvalue weighted by Gasteiger charge is -2.25. The van der Waals surface area contributed by atoms with Gasteiger partial charge in [0.1, 0.15) is 0 Å². The van der Waals surface area contributed by atoms with Gasteiger partial charge in [0.05, 0.1) is 18.7 Å². The zero-order valence-electron chi connectivity index (χ0n) is 14.3. The van der Waals surface area contributed by atoms with Crippen molar-refractivity contribution in [1.82, 2.24) is 9.80 Å². The number of fused-ring (bicyclic) bond motifs is 1. The van der Waals surface area contributed by atoms with Crippen LogP contribution in [0, 0.1) is 0 Å². The standard InChI is InChI=1S/C18H25N3O3/c1-3-13-5-4-6-14(11-13)19-18(23)21-8-7-15-16(21)12-17(22)20(15)9-10-24-2/h4-6,11,15-16H,3,7-10,12H2,1-2H3,(H,19,23)/t15-,16-/m0/s1. The van der Waals surface area contributed by atoms with Crippen LogP contribution >= 0.6 is 0 Å². The number of urea groups is 1. The Morgan fingerprint density at radius 1 is 1.38 bits per heavy atom. The van der Waals surface area contributed by atoms with Crippen LogP contribution in [0.25, 0.3) is 0 Å². The van der Waals surface area contributed by atoms with E-state index in [4.69, 9.17) is 4.74 Å². The van der Waals surface area contributed by atoms with E-state index in [-0.39, 0.29) is 24.0 Å². The van der Waals surface area contributed by atoms with Crippen molar-refractivity contribution in [3.05, 3.63) is 29.8 Å². The third-order valence-corrected chi connectivity index (χ3v) is 5.00. The number of amides is 3. The van der Waals surface area contributed by atoms with E-state index in [0.717, 1.165) is 18.5 Å². The van der Waals surface area contributed by atoms with E-state index in [1.165, 1.54) is 5.56 Å². The maximum absolute atomic E-state index is 12.6. The van der Waals surface area contributed by atoms with Gasteiger partial charge in [-0.05, 0) is 30.5 Å². The molecule has 1 aromatic carbocycles. The molecule has 3 rings (SSSR count). The monoisotopic (exact) mass is 331 g/mol. The number of rotatable bonds is 5. The number of methoxy groups -OCH3 is 1. The Kier molecular flexibility index (Phi) is 5.04. The highest BCUT2D eigenvalue weighted by Crippen LogP contribution is 2.32. The maximum Gasteiger partial charge on any atom is 0.322 e. The molecule has 24 heavy (non-hydrogen) atoms. The first-order valence-electron chi connectivity index (χ1n) is 8.59. The van der Waals surface area contributed by atoms with E-state index in [2.05, 4.69) is 12.2 Å². The van der Waals surface area contributed by atoms with Gasteiger partial charge in [-0.2, -0.15) is 0 Å². The smallest absolute Gasteiger partial charge is 0.322 e. The molecule has 0 bridgehead atoms. The van der Waals surface area contributed by atoms with Crippen molar-refractivity contribution in [2.75, 3.05) is 32.1 Å². The summed E-state index contributed by atoms with van der Waals surface area (Å²) in [5, 5.41) is 2.98. The van der Waals surface area contributed by atoms with Crippen LogP contribution in [0.5, 0.6) is 0 Å². The van der Waals surface area contributed by atoms with Crippen LogP contribution in [0.1, 0.15) is 25.3 Å². The summed E-state index contributed by atoms with van der Waals surface area (Å²) in [6.07, 6.45) is 2.18. The van der Waals surface area contributed by atoms with Gasteiger partial charge in [0.2, 0.25) is 5.91 Å². The molecule has 0 spiro atoms. The topological polar surface area (TPSA) is 61.9 Å². The lowest BCUT2D eigenvalue weighted by molar-refractivity contribution is -0.129. The number of hydrogen-bond donors (Lipinski definition) is 1. The fourth-order valence-corrected chi connectivity index (χ4v) is 3.72. The minimum absolute atomic E-state index is 0.0243. The van der Waals surface area contributed by atoms with Crippen LogP contribution in [0.4, 0.5) is 10.5 Å². The molecule has 1 aromatic rings. The molecule has 1 N–H and O–H groups in total. The van der Waals surface area contributed by atoms with Crippen LogP contribution in [-0.4, -0.2) is 60.6 Å². The molecule has 3 amide bonds. The molecule has 0 aromatic heterocycles. The fourth-order valence-electron chi connectivity index (χ4n) is 3.72. The zero-order valence-corrected chi connectivity index (χ0v) is 14.3. The van der Waals surface area contributed by atoms with Gasteiger partial charge in [-0.15, -0.1) is 0 Å². The van der Waals surface area contributed by atoms with Crippen molar-refractivity contribution >= 4 is 17.6 Å². The van der Waals surface area contributed by atoms with Crippen LogP contribution < -0.4 is 5.32 Å². The maximum atomic E-state index is 12.6. The first-order valence-corrected chi connectivity index (χ1v) is 8.59. The second-order valence-electron chi connectivity index (χ2n) is 6.38. The highest BCUT2D eigenvalue weighted by molar-refractivity contribution is 5.91. The minimum Gasteiger partial charge on any atom is -0.383 e. The highest BCUT2D eigenvalue weighted by atomic mass is 16.5. The molecule has 2 atom stereocenters. The lowest BCUT2D eigenvalue weighted by Crippen LogP contribution is -2.42. The number of ether oxygens (including phenoxy) is 1. The van der Waals surface area contributed by atoms with E-state index in [1.54, 1.807) is 7.11 Å². The second kappa shape index (κ2) is 7.21. The van der Waals surface area contributed by atoms with Gasteiger partial charge in [0.15, 0.2) is 0 Å². The minimum atomic E-state index is -0.114. The van der Waals surface area contributed by atoms with Gasteiger partial charge in [-0.1, -0.05) is 19.1 Å². The molecule has 2 saturated heterocycles. The van der Waals surface area contributed by atoms with Gasteiger partial charge in [-0.3, -0.25) is 4.79 Å². The average molecular weight is 331 g/mol. The van der Waals surface area contributed by atoms with Gasteiger partial charge in [0.25, 0.3) is 0 Å². The molecule has 2 fully saturated rings. The van der Waals surface area contributed by atoms with E-state index in [9.17, 15) is 9.59 Å². The number of carbonyl (C=O) groups is 2. The van der Waals surface area contributed by atoms with Crippen molar-refractivity contribution in [3.63, 3.8) is 0 Å². The number of hydrogen-bond acceptors (Lipinski definition) is 3. The van der Waals surface area contributed by atoms with E-state index >= 15 is 0 Å². The predicted octanol–water partition coefficient (Wildman–Crippen LogP) is 2.10. The lowest BCUT2D eigenvalue weighted by atomic mass is 10.1. The summed E-state index contributed by atoms with van der Waals surface area (Å²) in [4.78, 5) is 28.5. The number of likely N-dealkylation sites (tertiary alicyclic amines) is 2. The van der Waals surface area contributed by atoms with Crippen LogP contribution in [0.3, 0.4) is 0 Å². The van der Waals surface area contributed by atoms with Crippen molar-refractivity contribution in [2.24, 2.45) is 0 Å². The van der Waals surface area contributed by atoms with Crippen molar-refractivity contribution in [3.8, 4) is 0 Å². The molecule has 2 aliphatic heterocycles. The number of nitrogens with zero attached hydrogens (tertiary/aromatic N) is 2. The van der Waals surface area contributed by atoms with E-state index < -0.39 is 0 Å². The molecular formula is C18H25N3O3. The summed E-state index contributed by atoms with van der Waals surface area (Å²) in [5.74, 6) is 0.118. The molecule has 0 aliphatic carbocycles. The average Bonchev–Trinajstić information content (AvgIpc) is 3.11. The van der Waals surface area contributed by atoms with Gasteiger partial charge >= 0.3 is 6.03 Å². The summed E-state index contributed by atoms with van der Waals surface area (Å²) in [6, 6.07) is 7.88.